The number of rotatable bonds is 6. The van der Waals surface area contributed by atoms with Gasteiger partial charge in [-0.05, 0) is 30.2 Å². The van der Waals surface area contributed by atoms with Gasteiger partial charge in [-0.3, -0.25) is 0 Å². The van der Waals surface area contributed by atoms with Crippen LogP contribution in [0.5, 0.6) is 0 Å². The lowest BCUT2D eigenvalue weighted by Crippen LogP contribution is -1.98. The maximum absolute atomic E-state index is 10.9. The number of nitrogens with zero attached hydrogens (tertiary/aromatic N) is 4. The van der Waals surface area contributed by atoms with Crippen LogP contribution < -0.4 is 0 Å². The fourth-order valence-corrected chi connectivity index (χ4v) is 3.01. The highest BCUT2D eigenvalue weighted by Crippen LogP contribution is 2.21. The molecule has 0 bridgehead atoms. The second-order valence-corrected chi connectivity index (χ2v) is 6.23. The van der Waals surface area contributed by atoms with E-state index in [1.165, 1.54) is 5.56 Å². The maximum atomic E-state index is 10.9. The Labute approximate surface area is 149 Å². The number of aromatic nitrogens is 3. The Morgan fingerprint density at radius 2 is 1.88 bits per heavy atom. The molecule has 0 atom stereocenters. The van der Waals surface area contributed by atoms with Crippen LogP contribution in [0.25, 0.3) is 0 Å². The standard InChI is InChI=1S/C18H16N4O2S/c1-13-20-21-18(25-12-15-5-3-2-4-6-15)22(13)19-11-14-7-9-16(10-8-14)17(23)24/h2-11H,12H2,1H3,(H,23,24)/b19-11+. The predicted octanol–water partition coefficient (Wildman–Crippen LogP) is 3.46. The van der Waals surface area contributed by atoms with E-state index in [2.05, 4.69) is 27.4 Å². The first-order chi connectivity index (χ1) is 12.1. The lowest BCUT2D eigenvalue weighted by molar-refractivity contribution is 0.0697. The van der Waals surface area contributed by atoms with Crippen LogP contribution in [-0.4, -0.2) is 32.2 Å². The summed E-state index contributed by atoms with van der Waals surface area (Å²) in [6.45, 7) is 1.84. The summed E-state index contributed by atoms with van der Waals surface area (Å²) < 4.78 is 1.68. The molecule has 0 amide bonds. The summed E-state index contributed by atoms with van der Waals surface area (Å²) in [7, 11) is 0. The van der Waals surface area contributed by atoms with E-state index in [-0.39, 0.29) is 5.56 Å². The Bertz CT molecular complexity index is 889. The van der Waals surface area contributed by atoms with E-state index in [0.717, 1.165) is 11.3 Å². The minimum Gasteiger partial charge on any atom is -0.478 e. The van der Waals surface area contributed by atoms with Crippen molar-refractivity contribution < 1.29 is 9.90 Å². The van der Waals surface area contributed by atoms with E-state index in [9.17, 15) is 4.79 Å². The number of hydrogen-bond acceptors (Lipinski definition) is 5. The minimum atomic E-state index is -0.947. The molecular weight excluding hydrogens is 336 g/mol. The molecule has 25 heavy (non-hydrogen) atoms. The monoisotopic (exact) mass is 352 g/mol. The highest BCUT2D eigenvalue weighted by Gasteiger charge is 2.08. The van der Waals surface area contributed by atoms with Crippen LogP contribution in [0, 0.1) is 6.92 Å². The second kappa shape index (κ2) is 7.76. The number of carboxylic acids is 1. The molecule has 3 rings (SSSR count). The molecule has 7 heteroatoms. The van der Waals surface area contributed by atoms with Crippen molar-refractivity contribution in [2.75, 3.05) is 0 Å². The number of carboxylic acid groups (broad SMARTS) is 1. The first kappa shape index (κ1) is 16.9. The Morgan fingerprint density at radius 1 is 1.16 bits per heavy atom. The third-order valence-electron chi connectivity index (χ3n) is 3.46. The molecule has 0 fully saturated rings. The quantitative estimate of drug-likeness (QED) is 0.543. The Balaban J connectivity index is 1.73. The maximum Gasteiger partial charge on any atom is 0.335 e. The van der Waals surface area contributed by atoms with Crippen LogP contribution in [0.3, 0.4) is 0 Å². The smallest absolute Gasteiger partial charge is 0.335 e. The molecule has 1 aromatic heterocycles. The van der Waals surface area contributed by atoms with E-state index >= 15 is 0 Å². The average molecular weight is 352 g/mol. The third-order valence-corrected chi connectivity index (χ3v) is 4.45. The van der Waals surface area contributed by atoms with Gasteiger partial charge in [0, 0.05) is 5.75 Å². The fraction of sp³-hybridized carbons (Fsp3) is 0.111. The van der Waals surface area contributed by atoms with E-state index < -0.39 is 5.97 Å². The predicted molar refractivity (Wildman–Crippen MR) is 97.2 cm³/mol. The Morgan fingerprint density at radius 3 is 2.56 bits per heavy atom. The number of aryl methyl sites for hydroxylation is 1. The van der Waals surface area contributed by atoms with Gasteiger partial charge in [-0.2, -0.15) is 9.78 Å². The van der Waals surface area contributed by atoms with Crippen LogP contribution in [0.4, 0.5) is 0 Å². The largest absolute Gasteiger partial charge is 0.478 e. The average Bonchev–Trinajstić information content (AvgIpc) is 2.99. The van der Waals surface area contributed by atoms with Crippen molar-refractivity contribution in [3.63, 3.8) is 0 Å². The molecule has 0 aliphatic rings. The topological polar surface area (TPSA) is 80.4 Å². The molecule has 0 aliphatic heterocycles. The van der Waals surface area contributed by atoms with Gasteiger partial charge < -0.3 is 5.11 Å². The molecular formula is C18H16N4O2S. The Kier molecular flexibility index (Phi) is 5.25. The van der Waals surface area contributed by atoms with Gasteiger partial charge in [-0.15, -0.1) is 10.2 Å². The van der Waals surface area contributed by atoms with E-state index in [1.54, 1.807) is 46.9 Å². The Hall–Kier alpha value is -2.93. The minimum absolute atomic E-state index is 0.247. The summed E-state index contributed by atoms with van der Waals surface area (Å²) in [4.78, 5) is 10.9. The van der Waals surface area contributed by atoms with Crippen molar-refractivity contribution in [3.8, 4) is 0 Å². The molecule has 6 nitrogen and oxygen atoms in total. The summed E-state index contributed by atoms with van der Waals surface area (Å²) in [5, 5.41) is 22.3. The van der Waals surface area contributed by atoms with Crippen molar-refractivity contribution >= 4 is 23.9 Å². The first-order valence-electron chi connectivity index (χ1n) is 7.60. The molecule has 126 valence electrons. The van der Waals surface area contributed by atoms with Gasteiger partial charge in [0.1, 0.15) is 0 Å². The normalized spacial score (nSPS) is 11.1. The lowest BCUT2D eigenvalue weighted by atomic mass is 10.1. The molecule has 0 spiro atoms. The molecule has 0 aliphatic carbocycles. The van der Waals surface area contributed by atoms with Crippen LogP contribution in [-0.2, 0) is 5.75 Å². The molecule has 1 N–H and O–H groups in total. The van der Waals surface area contributed by atoms with Gasteiger partial charge in [0.15, 0.2) is 5.82 Å². The molecule has 0 saturated heterocycles. The molecule has 2 aromatic carbocycles. The highest BCUT2D eigenvalue weighted by atomic mass is 32.2. The van der Waals surface area contributed by atoms with Crippen molar-refractivity contribution in [2.24, 2.45) is 5.10 Å². The summed E-state index contributed by atoms with van der Waals surface area (Å²) >= 11 is 1.56. The van der Waals surface area contributed by atoms with E-state index in [4.69, 9.17) is 5.11 Å². The summed E-state index contributed by atoms with van der Waals surface area (Å²) in [6.07, 6.45) is 1.66. The lowest BCUT2D eigenvalue weighted by Gasteiger charge is -2.02. The van der Waals surface area contributed by atoms with Crippen molar-refractivity contribution in [1.82, 2.24) is 14.9 Å². The van der Waals surface area contributed by atoms with Crippen molar-refractivity contribution in [1.29, 1.82) is 0 Å². The molecule has 1 heterocycles. The number of benzene rings is 2. The molecule has 0 radical (unpaired) electrons. The van der Waals surface area contributed by atoms with Gasteiger partial charge in [0.25, 0.3) is 0 Å². The SMILES string of the molecule is Cc1nnc(SCc2ccccc2)n1/N=C/c1ccc(C(=O)O)cc1. The zero-order valence-electron chi connectivity index (χ0n) is 13.5. The van der Waals surface area contributed by atoms with E-state index in [0.29, 0.717) is 11.0 Å². The van der Waals surface area contributed by atoms with Crippen LogP contribution in [0.15, 0.2) is 64.9 Å². The van der Waals surface area contributed by atoms with Crippen LogP contribution in [0.1, 0.15) is 27.3 Å². The van der Waals surface area contributed by atoms with E-state index in [1.807, 2.05) is 25.1 Å². The number of aromatic carboxylic acids is 1. The van der Waals surface area contributed by atoms with Gasteiger partial charge in [0.05, 0.1) is 11.8 Å². The zero-order valence-corrected chi connectivity index (χ0v) is 14.3. The van der Waals surface area contributed by atoms with Crippen LogP contribution >= 0.6 is 11.8 Å². The molecule has 0 unspecified atom stereocenters. The second-order valence-electron chi connectivity index (χ2n) is 5.29. The van der Waals surface area contributed by atoms with Gasteiger partial charge in [-0.25, -0.2) is 4.79 Å². The molecule has 3 aromatic rings. The highest BCUT2D eigenvalue weighted by molar-refractivity contribution is 7.98. The molecule has 0 saturated carbocycles. The van der Waals surface area contributed by atoms with Crippen molar-refractivity contribution in [3.05, 3.63) is 77.1 Å². The third kappa shape index (κ3) is 4.33. The number of thioether (sulfide) groups is 1. The summed E-state index contributed by atoms with van der Waals surface area (Å²) in [5.41, 5.74) is 2.25. The van der Waals surface area contributed by atoms with Crippen LogP contribution in [0.2, 0.25) is 0 Å². The van der Waals surface area contributed by atoms with Gasteiger partial charge in [-0.1, -0.05) is 54.2 Å². The number of carbonyl (C=O) groups is 1. The zero-order chi connectivity index (χ0) is 17.6. The van der Waals surface area contributed by atoms with Crippen molar-refractivity contribution in [2.45, 2.75) is 17.8 Å². The van der Waals surface area contributed by atoms with Gasteiger partial charge >= 0.3 is 5.97 Å². The first-order valence-corrected chi connectivity index (χ1v) is 8.58. The van der Waals surface area contributed by atoms with Gasteiger partial charge in [0.2, 0.25) is 5.16 Å². The number of hydrogen-bond donors (Lipinski definition) is 1. The summed E-state index contributed by atoms with van der Waals surface area (Å²) in [6, 6.07) is 16.6. The fourth-order valence-electron chi connectivity index (χ4n) is 2.12. The summed E-state index contributed by atoms with van der Waals surface area (Å²) in [5.74, 6) is 0.522.